The van der Waals surface area contributed by atoms with Crippen LogP contribution >= 0.6 is 11.6 Å². The molecule has 0 saturated carbocycles. The van der Waals surface area contributed by atoms with Crippen molar-refractivity contribution in [3.05, 3.63) is 70.2 Å². The second-order valence-corrected chi connectivity index (χ2v) is 6.79. The van der Waals surface area contributed by atoms with Gasteiger partial charge in [-0.1, -0.05) is 41.4 Å². The smallest absolute Gasteiger partial charge is 0.253 e. The molecule has 130 valence electrons. The number of benzene rings is 2. The standard InChI is InChI=1S/C20H21ClN2O2/c1-14-6-8-15(9-7-14)20(25)23-12-10-16(11-13-23)22-19(24)17-4-2-3-5-18(17)21/h2-9,16H,10-13H2,1H3,(H,22,24). The summed E-state index contributed by atoms with van der Waals surface area (Å²) in [6, 6.07) is 14.7. The van der Waals surface area contributed by atoms with Crippen molar-refractivity contribution in [1.29, 1.82) is 0 Å². The van der Waals surface area contributed by atoms with Crippen LogP contribution in [0.5, 0.6) is 0 Å². The normalized spacial score (nSPS) is 15.0. The van der Waals surface area contributed by atoms with E-state index in [9.17, 15) is 9.59 Å². The molecular weight excluding hydrogens is 336 g/mol. The molecule has 0 unspecified atom stereocenters. The molecule has 1 aliphatic heterocycles. The molecule has 2 aromatic carbocycles. The van der Waals surface area contributed by atoms with Crippen LogP contribution in [0.25, 0.3) is 0 Å². The van der Waals surface area contributed by atoms with Crippen molar-refractivity contribution in [2.24, 2.45) is 0 Å². The number of hydrogen-bond donors (Lipinski definition) is 1. The molecule has 1 fully saturated rings. The monoisotopic (exact) mass is 356 g/mol. The number of rotatable bonds is 3. The molecule has 4 nitrogen and oxygen atoms in total. The number of carbonyl (C=O) groups excluding carboxylic acids is 2. The van der Waals surface area contributed by atoms with Gasteiger partial charge < -0.3 is 10.2 Å². The third-order valence-corrected chi connectivity index (χ3v) is 4.86. The van der Waals surface area contributed by atoms with Gasteiger partial charge in [0.25, 0.3) is 11.8 Å². The fraction of sp³-hybridized carbons (Fsp3) is 0.300. The van der Waals surface area contributed by atoms with Gasteiger partial charge in [0.05, 0.1) is 10.6 Å². The summed E-state index contributed by atoms with van der Waals surface area (Å²) in [5.74, 6) is -0.107. The molecule has 2 amide bonds. The van der Waals surface area contributed by atoms with Gasteiger partial charge in [0.15, 0.2) is 0 Å². The minimum absolute atomic E-state index is 0.0517. The molecule has 0 radical (unpaired) electrons. The van der Waals surface area contributed by atoms with Crippen molar-refractivity contribution in [2.45, 2.75) is 25.8 Å². The van der Waals surface area contributed by atoms with Gasteiger partial charge in [-0.2, -0.15) is 0 Å². The van der Waals surface area contributed by atoms with Crippen molar-refractivity contribution in [2.75, 3.05) is 13.1 Å². The summed E-state index contributed by atoms with van der Waals surface area (Å²) in [4.78, 5) is 26.7. The second-order valence-electron chi connectivity index (χ2n) is 6.39. The van der Waals surface area contributed by atoms with Crippen LogP contribution in [-0.2, 0) is 0 Å². The predicted molar refractivity (Wildman–Crippen MR) is 99.0 cm³/mol. The fourth-order valence-corrected chi connectivity index (χ4v) is 3.24. The number of piperidine rings is 1. The first-order valence-electron chi connectivity index (χ1n) is 8.46. The highest BCUT2D eigenvalue weighted by Crippen LogP contribution is 2.18. The van der Waals surface area contributed by atoms with Crippen molar-refractivity contribution in [3.63, 3.8) is 0 Å². The molecule has 0 spiro atoms. The molecule has 0 aromatic heterocycles. The van der Waals surface area contributed by atoms with E-state index < -0.39 is 0 Å². The number of aryl methyl sites for hydroxylation is 1. The summed E-state index contributed by atoms with van der Waals surface area (Å²) in [5.41, 5.74) is 2.34. The first-order valence-corrected chi connectivity index (χ1v) is 8.84. The molecular formula is C20H21ClN2O2. The first-order chi connectivity index (χ1) is 12.0. The summed E-state index contributed by atoms with van der Waals surface area (Å²) in [6.45, 7) is 3.28. The van der Waals surface area contributed by atoms with E-state index in [1.165, 1.54) is 0 Å². The van der Waals surface area contributed by atoms with E-state index in [0.29, 0.717) is 29.2 Å². The van der Waals surface area contributed by atoms with Gasteiger partial charge in [-0.25, -0.2) is 0 Å². The van der Waals surface area contributed by atoms with Crippen LogP contribution in [-0.4, -0.2) is 35.8 Å². The highest BCUT2D eigenvalue weighted by Gasteiger charge is 2.25. The Morgan fingerprint density at radius 3 is 2.32 bits per heavy atom. The van der Waals surface area contributed by atoms with Gasteiger partial charge in [0.1, 0.15) is 0 Å². The molecule has 1 aliphatic rings. The Kier molecular flexibility index (Phi) is 5.39. The Hall–Kier alpha value is -2.33. The number of likely N-dealkylation sites (tertiary alicyclic amines) is 1. The van der Waals surface area contributed by atoms with E-state index in [1.54, 1.807) is 24.3 Å². The number of nitrogens with one attached hydrogen (secondary N) is 1. The summed E-state index contributed by atoms with van der Waals surface area (Å²) in [7, 11) is 0. The lowest BCUT2D eigenvalue weighted by molar-refractivity contribution is 0.0698. The van der Waals surface area contributed by atoms with E-state index in [0.717, 1.165) is 18.4 Å². The molecule has 0 bridgehead atoms. The first kappa shape index (κ1) is 17.5. The lowest BCUT2D eigenvalue weighted by Gasteiger charge is -2.32. The van der Waals surface area contributed by atoms with Gasteiger partial charge >= 0.3 is 0 Å². The van der Waals surface area contributed by atoms with Crippen LogP contribution in [0.2, 0.25) is 5.02 Å². The van der Waals surface area contributed by atoms with Crippen molar-refractivity contribution in [1.82, 2.24) is 10.2 Å². The summed E-state index contributed by atoms with van der Waals surface area (Å²) in [6.07, 6.45) is 1.49. The molecule has 0 atom stereocenters. The Balaban J connectivity index is 1.55. The predicted octanol–water partition coefficient (Wildman–Crippen LogP) is 3.68. The average molecular weight is 357 g/mol. The van der Waals surface area contributed by atoms with Crippen LogP contribution in [0.15, 0.2) is 48.5 Å². The van der Waals surface area contributed by atoms with Crippen LogP contribution in [0, 0.1) is 6.92 Å². The van der Waals surface area contributed by atoms with Gasteiger partial charge in [-0.15, -0.1) is 0 Å². The third-order valence-electron chi connectivity index (χ3n) is 4.53. The van der Waals surface area contributed by atoms with Crippen molar-refractivity contribution < 1.29 is 9.59 Å². The van der Waals surface area contributed by atoms with Crippen molar-refractivity contribution >= 4 is 23.4 Å². The van der Waals surface area contributed by atoms with E-state index in [2.05, 4.69) is 5.32 Å². The minimum Gasteiger partial charge on any atom is -0.349 e. The quantitative estimate of drug-likeness (QED) is 0.911. The fourth-order valence-electron chi connectivity index (χ4n) is 3.01. The SMILES string of the molecule is Cc1ccc(C(=O)N2CCC(NC(=O)c3ccccc3Cl)CC2)cc1. The molecule has 1 saturated heterocycles. The third kappa shape index (κ3) is 4.20. The lowest BCUT2D eigenvalue weighted by Crippen LogP contribution is -2.46. The zero-order chi connectivity index (χ0) is 17.8. The molecule has 1 N–H and O–H groups in total. The topological polar surface area (TPSA) is 49.4 Å². The number of nitrogens with zero attached hydrogens (tertiary/aromatic N) is 1. The second kappa shape index (κ2) is 7.70. The van der Waals surface area contributed by atoms with Crippen LogP contribution in [0.3, 0.4) is 0 Å². The van der Waals surface area contributed by atoms with E-state index in [4.69, 9.17) is 11.6 Å². The highest BCUT2D eigenvalue weighted by molar-refractivity contribution is 6.33. The minimum atomic E-state index is -0.158. The van der Waals surface area contributed by atoms with E-state index in [-0.39, 0.29) is 17.9 Å². The summed E-state index contributed by atoms with van der Waals surface area (Å²) >= 11 is 6.07. The van der Waals surface area contributed by atoms with Crippen molar-refractivity contribution in [3.8, 4) is 0 Å². The largest absolute Gasteiger partial charge is 0.349 e. The maximum absolute atomic E-state index is 12.5. The Morgan fingerprint density at radius 2 is 1.68 bits per heavy atom. The zero-order valence-electron chi connectivity index (χ0n) is 14.2. The Labute approximate surface area is 152 Å². The number of hydrogen-bond acceptors (Lipinski definition) is 2. The Morgan fingerprint density at radius 1 is 1.04 bits per heavy atom. The summed E-state index contributed by atoms with van der Waals surface area (Å²) < 4.78 is 0. The average Bonchev–Trinajstić information content (AvgIpc) is 2.63. The van der Waals surface area contributed by atoms with Crippen LogP contribution in [0.1, 0.15) is 39.1 Å². The lowest BCUT2D eigenvalue weighted by atomic mass is 10.0. The molecule has 5 heteroatoms. The Bertz CT molecular complexity index is 766. The number of halogens is 1. The van der Waals surface area contributed by atoms with Gasteiger partial charge in [-0.05, 0) is 44.0 Å². The van der Waals surface area contributed by atoms with Gasteiger partial charge in [0.2, 0.25) is 0 Å². The van der Waals surface area contributed by atoms with E-state index >= 15 is 0 Å². The van der Waals surface area contributed by atoms with Crippen LogP contribution < -0.4 is 5.32 Å². The number of amides is 2. The molecule has 2 aromatic rings. The summed E-state index contributed by atoms with van der Waals surface area (Å²) in [5, 5.41) is 3.47. The maximum Gasteiger partial charge on any atom is 0.253 e. The molecule has 25 heavy (non-hydrogen) atoms. The number of carbonyl (C=O) groups is 2. The highest BCUT2D eigenvalue weighted by atomic mass is 35.5. The molecule has 0 aliphatic carbocycles. The molecule has 3 rings (SSSR count). The van der Waals surface area contributed by atoms with Gasteiger partial charge in [0, 0.05) is 24.7 Å². The maximum atomic E-state index is 12.5. The zero-order valence-corrected chi connectivity index (χ0v) is 14.9. The van der Waals surface area contributed by atoms with Gasteiger partial charge in [-0.3, -0.25) is 9.59 Å². The molecule has 1 heterocycles. The van der Waals surface area contributed by atoms with E-state index in [1.807, 2.05) is 36.1 Å². The van der Waals surface area contributed by atoms with Crippen LogP contribution in [0.4, 0.5) is 0 Å².